The molecule has 2 heterocycles. The van der Waals surface area contributed by atoms with E-state index < -0.39 is 0 Å². The third-order valence-electron chi connectivity index (χ3n) is 3.26. The summed E-state index contributed by atoms with van der Waals surface area (Å²) in [4.78, 5) is 6.76. The van der Waals surface area contributed by atoms with Gasteiger partial charge in [-0.15, -0.1) is 0 Å². The van der Waals surface area contributed by atoms with Crippen molar-refractivity contribution in [2.45, 2.75) is 45.3 Å². The van der Waals surface area contributed by atoms with Gasteiger partial charge in [0.05, 0.1) is 6.61 Å². The lowest BCUT2D eigenvalue weighted by Gasteiger charge is -2.34. The minimum atomic E-state index is -0.0376. The van der Waals surface area contributed by atoms with Crippen molar-refractivity contribution in [1.82, 2.24) is 9.88 Å². The maximum absolute atomic E-state index is 8.96. The van der Waals surface area contributed by atoms with E-state index in [1.165, 1.54) is 13.0 Å². The Kier molecular flexibility index (Phi) is 3.61. The predicted molar refractivity (Wildman–Crippen MR) is 61.1 cm³/mol. The second kappa shape index (κ2) is 4.97. The molecular formula is C12H20N2O2. The topological polar surface area (TPSA) is 49.5 Å². The summed E-state index contributed by atoms with van der Waals surface area (Å²) in [5.74, 6) is 1.17. The molecule has 1 atom stereocenters. The Hall–Kier alpha value is -0.870. The number of aliphatic hydroxyl groups excluding tert-OH is 1. The Morgan fingerprint density at radius 3 is 3.06 bits per heavy atom. The molecule has 4 nitrogen and oxygen atoms in total. The molecule has 0 aliphatic carbocycles. The number of piperidine rings is 1. The van der Waals surface area contributed by atoms with Gasteiger partial charge in [-0.25, -0.2) is 4.98 Å². The fraction of sp³-hybridized carbons (Fsp3) is 0.750. The van der Waals surface area contributed by atoms with E-state index in [0.717, 1.165) is 18.9 Å². The van der Waals surface area contributed by atoms with Crippen LogP contribution in [0.5, 0.6) is 0 Å². The van der Waals surface area contributed by atoms with Crippen LogP contribution in [0.25, 0.3) is 0 Å². The summed E-state index contributed by atoms with van der Waals surface area (Å²) < 4.78 is 5.43. The third-order valence-corrected chi connectivity index (χ3v) is 3.26. The lowest BCUT2D eigenvalue weighted by molar-refractivity contribution is 0.157. The monoisotopic (exact) mass is 224 g/mol. The van der Waals surface area contributed by atoms with Crippen molar-refractivity contribution < 1.29 is 9.52 Å². The second-order valence-corrected chi connectivity index (χ2v) is 4.76. The summed E-state index contributed by atoms with van der Waals surface area (Å²) in [6, 6.07) is 0.579. The first-order valence-corrected chi connectivity index (χ1v) is 6.00. The molecule has 1 aromatic rings. The largest absolute Gasteiger partial charge is 0.448 e. The highest BCUT2D eigenvalue weighted by Gasteiger charge is 2.26. The van der Waals surface area contributed by atoms with E-state index in [2.05, 4.69) is 23.7 Å². The Morgan fingerprint density at radius 1 is 1.62 bits per heavy atom. The summed E-state index contributed by atoms with van der Waals surface area (Å²) in [7, 11) is 0. The summed E-state index contributed by atoms with van der Waals surface area (Å²) in [6.45, 7) is 6.59. The fourth-order valence-corrected chi connectivity index (χ4v) is 2.26. The zero-order chi connectivity index (χ0) is 11.5. The van der Waals surface area contributed by atoms with Gasteiger partial charge in [-0.2, -0.15) is 0 Å². The highest BCUT2D eigenvalue weighted by Crippen LogP contribution is 2.27. The molecule has 1 unspecified atom stereocenters. The van der Waals surface area contributed by atoms with Crippen molar-refractivity contribution >= 4 is 0 Å². The van der Waals surface area contributed by atoms with E-state index in [-0.39, 0.29) is 6.61 Å². The van der Waals surface area contributed by atoms with Gasteiger partial charge in [0.25, 0.3) is 0 Å². The van der Waals surface area contributed by atoms with Crippen LogP contribution in [0.1, 0.15) is 44.2 Å². The Labute approximate surface area is 96.3 Å². The second-order valence-electron chi connectivity index (χ2n) is 4.76. The summed E-state index contributed by atoms with van der Waals surface area (Å²) in [6.07, 6.45) is 3.89. The average molecular weight is 224 g/mol. The van der Waals surface area contributed by atoms with Gasteiger partial charge in [0, 0.05) is 18.5 Å². The number of hydrogen-bond acceptors (Lipinski definition) is 4. The number of oxazole rings is 1. The normalized spacial score (nSPS) is 22.9. The molecule has 0 saturated carbocycles. The Balaban J connectivity index is 2.03. The SMILES string of the molecule is CC(C)N1CCCC(c2nc(CO)co2)C1. The molecule has 16 heavy (non-hydrogen) atoms. The van der Waals surface area contributed by atoms with E-state index >= 15 is 0 Å². The van der Waals surface area contributed by atoms with Gasteiger partial charge in [0.15, 0.2) is 5.89 Å². The molecular weight excluding hydrogens is 204 g/mol. The van der Waals surface area contributed by atoms with E-state index in [0.29, 0.717) is 17.7 Å². The van der Waals surface area contributed by atoms with Gasteiger partial charge in [-0.05, 0) is 33.2 Å². The van der Waals surface area contributed by atoms with E-state index in [1.807, 2.05) is 0 Å². The Bertz CT molecular complexity index is 336. The predicted octanol–water partition coefficient (Wildman–Crippen LogP) is 1.75. The molecule has 0 aromatic carbocycles. The van der Waals surface area contributed by atoms with Crippen LogP contribution in [0.15, 0.2) is 10.7 Å². The van der Waals surface area contributed by atoms with Crippen molar-refractivity contribution in [1.29, 1.82) is 0 Å². The van der Waals surface area contributed by atoms with E-state index in [4.69, 9.17) is 9.52 Å². The summed E-state index contributed by atoms with van der Waals surface area (Å²) in [5.41, 5.74) is 0.636. The highest BCUT2D eigenvalue weighted by atomic mass is 16.3. The van der Waals surface area contributed by atoms with Gasteiger partial charge in [-0.1, -0.05) is 0 Å². The first-order chi connectivity index (χ1) is 7.70. The maximum Gasteiger partial charge on any atom is 0.198 e. The van der Waals surface area contributed by atoms with E-state index in [1.54, 1.807) is 6.26 Å². The third kappa shape index (κ3) is 2.44. The number of likely N-dealkylation sites (tertiary alicyclic amines) is 1. The molecule has 0 bridgehead atoms. The number of nitrogens with zero attached hydrogens (tertiary/aromatic N) is 2. The molecule has 1 aliphatic heterocycles. The van der Waals surface area contributed by atoms with E-state index in [9.17, 15) is 0 Å². The standard InChI is InChI=1S/C12H20N2O2/c1-9(2)14-5-3-4-10(6-14)12-13-11(7-15)8-16-12/h8-10,15H,3-7H2,1-2H3. The number of aromatic nitrogens is 1. The minimum Gasteiger partial charge on any atom is -0.448 e. The van der Waals surface area contributed by atoms with Crippen molar-refractivity contribution in [2.75, 3.05) is 13.1 Å². The van der Waals surface area contributed by atoms with Crippen LogP contribution in [0.4, 0.5) is 0 Å². The zero-order valence-corrected chi connectivity index (χ0v) is 10.0. The molecule has 0 spiro atoms. The van der Waals surface area contributed by atoms with Crippen molar-refractivity contribution in [3.63, 3.8) is 0 Å². The number of rotatable bonds is 3. The smallest absolute Gasteiger partial charge is 0.198 e. The molecule has 90 valence electrons. The lowest BCUT2D eigenvalue weighted by Crippen LogP contribution is -2.39. The molecule has 0 amide bonds. The highest BCUT2D eigenvalue weighted by molar-refractivity contribution is 5.02. The molecule has 1 fully saturated rings. The first kappa shape index (κ1) is 11.6. The van der Waals surface area contributed by atoms with Crippen molar-refractivity contribution in [2.24, 2.45) is 0 Å². The van der Waals surface area contributed by atoms with Crippen LogP contribution in [-0.4, -0.2) is 34.1 Å². The molecule has 2 rings (SSSR count). The molecule has 0 radical (unpaired) electrons. The number of hydrogen-bond donors (Lipinski definition) is 1. The summed E-state index contributed by atoms with van der Waals surface area (Å²) in [5, 5.41) is 8.96. The molecule has 4 heteroatoms. The fourth-order valence-electron chi connectivity index (χ4n) is 2.26. The number of aliphatic hydroxyl groups is 1. The molecule has 1 saturated heterocycles. The maximum atomic E-state index is 8.96. The quantitative estimate of drug-likeness (QED) is 0.850. The zero-order valence-electron chi connectivity index (χ0n) is 10.0. The van der Waals surface area contributed by atoms with Crippen LogP contribution in [0.2, 0.25) is 0 Å². The first-order valence-electron chi connectivity index (χ1n) is 6.00. The molecule has 1 aliphatic rings. The average Bonchev–Trinajstić information content (AvgIpc) is 2.77. The lowest BCUT2D eigenvalue weighted by atomic mass is 9.97. The molecule has 1 N–H and O–H groups in total. The Morgan fingerprint density at radius 2 is 2.44 bits per heavy atom. The molecule has 1 aromatic heterocycles. The van der Waals surface area contributed by atoms with Crippen molar-refractivity contribution in [3.8, 4) is 0 Å². The van der Waals surface area contributed by atoms with Crippen LogP contribution < -0.4 is 0 Å². The minimum absolute atomic E-state index is 0.0376. The summed E-state index contributed by atoms with van der Waals surface area (Å²) >= 11 is 0. The van der Waals surface area contributed by atoms with Crippen LogP contribution in [-0.2, 0) is 6.61 Å². The van der Waals surface area contributed by atoms with Crippen molar-refractivity contribution in [3.05, 3.63) is 17.8 Å². The van der Waals surface area contributed by atoms with Crippen LogP contribution in [0.3, 0.4) is 0 Å². The van der Waals surface area contributed by atoms with Gasteiger partial charge < -0.3 is 14.4 Å². The van der Waals surface area contributed by atoms with Gasteiger partial charge in [0.1, 0.15) is 12.0 Å². The van der Waals surface area contributed by atoms with Gasteiger partial charge >= 0.3 is 0 Å². The van der Waals surface area contributed by atoms with Gasteiger partial charge in [0.2, 0.25) is 0 Å². The van der Waals surface area contributed by atoms with Gasteiger partial charge in [-0.3, -0.25) is 0 Å². The van der Waals surface area contributed by atoms with Crippen LogP contribution in [0, 0.1) is 0 Å². The van der Waals surface area contributed by atoms with Crippen LogP contribution >= 0.6 is 0 Å².